The molecule has 1 aromatic rings. The van der Waals surface area contributed by atoms with E-state index in [4.69, 9.17) is 9.84 Å². The Kier molecular flexibility index (Phi) is 6.52. The van der Waals surface area contributed by atoms with E-state index in [9.17, 15) is 9.59 Å². The van der Waals surface area contributed by atoms with Crippen molar-refractivity contribution in [2.45, 2.75) is 20.4 Å². The Hall–Kier alpha value is -2.24. The first-order valence-electron chi connectivity index (χ1n) is 6.81. The normalized spacial score (nSPS) is 11.8. The second-order valence-electron chi connectivity index (χ2n) is 5.10. The molecule has 0 saturated heterocycles. The van der Waals surface area contributed by atoms with E-state index >= 15 is 0 Å². The van der Waals surface area contributed by atoms with Crippen LogP contribution >= 0.6 is 0 Å². The third-order valence-corrected chi connectivity index (χ3v) is 3.22. The fourth-order valence-corrected chi connectivity index (χ4v) is 1.80. The first-order valence-corrected chi connectivity index (χ1v) is 6.81. The Morgan fingerprint density at radius 1 is 1.19 bits per heavy atom. The molecule has 0 aliphatic carbocycles. The molecule has 21 heavy (non-hydrogen) atoms. The number of carboxylic acid groups (broad SMARTS) is 1. The minimum absolute atomic E-state index is 0.0376. The Morgan fingerprint density at radius 3 is 2.29 bits per heavy atom. The zero-order chi connectivity index (χ0) is 15.8. The van der Waals surface area contributed by atoms with Crippen molar-refractivity contribution in [1.82, 2.24) is 10.6 Å². The van der Waals surface area contributed by atoms with Crippen molar-refractivity contribution in [3.05, 3.63) is 29.8 Å². The molecule has 0 aliphatic rings. The molecule has 0 aliphatic heterocycles. The highest BCUT2D eigenvalue weighted by Gasteiger charge is 2.21. The highest BCUT2D eigenvalue weighted by Crippen LogP contribution is 2.11. The maximum Gasteiger partial charge on any atom is 0.315 e. The highest BCUT2D eigenvalue weighted by molar-refractivity contribution is 5.75. The number of amides is 2. The van der Waals surface area contributed by atoms with Crippen LogP contribution in [0.15, 0.2) is 24.3 Å². The summed E-state index contributed by atoms with van der Waals surface area (Å²) in [5.74, 6) is -0.772. The molecule has 1 unspecified atom stereocenters. The molecule has 0 spiro atoms. The van der Waals surface area contributed by atoms with Crippen molar-refractivity contribution >= 4 is 12.0 Å². The van der Waals surface area contributed by atoms with Crippen molar-refractivity contribution in [1.29, 1.82) is 0 Å². The number of nitrogens with one attached hydrogen (secondary N) is 2. The maximum atomic E-state index is 11.6. The van der Waals surface area contributed by atoms with Gasteiger partial charge in [-0.2, -0.15) is 0 Å². The van der Waals surface area contributed by atoms with Gasteiger partial charge in [-0.25, -0.2) is 4.79 Å². The van der Waals surface area contributed by atoms with Gasteiger partial charge in [0.2, 0.25) is 0 Å². The number of hydrogen-bond donors (Lipinski definition) is 3. The number of ether oxygens (including phenoxy) is 1. The quantitative estimate of drug-likeness (QED) is 0.716. The Bertz CT molecular complexity index is 471. The van der Waals surface area contributed by atoms with E-state index in [0.717, 1.165) is 11.3 Å². The Balaban J connectivity index is 2.38. The molecule has 3 N–H and O–H groups in total. The predicted octanol–water partition coefficient (Wildman–Crippen LogP) is 1.85. The number of benzene rings is 1. The second-order valence-corrected chi connectivity index (χ2v) is 5.10. The fraction of sp³-hybridized carbons (Fsp3) is 0.467. The molecule has 1 rings (SSSR count). The van der Waals surface area contributed by atoms with Crippen LogP contribution in [0.2, 0.25) is 0 Å². The molecule has 0 heterocycles. The molecular weight excluding hydrogens is 272 g/mol. The summed E-state index contributed by atoms with van der Waals surface area (Å²) in [5.41, 5.74) is 0.935. The average molecular weight is 294 g/mol. The van der Waals surface area contributed by atoms with Gasteiger partial charge >= 0.3 is 12.0 Å². The summed E-state index contributed by atoms with van der Waals surface area (Å²) in [4.78, 5) is 22.7. The SMILES string of the molecule is COc1ccc(CNC(=O)NCC(C(=O)O)C(C)C)cc1. The van der Waals surface area contributed by atoms with E-state index in [-0.39, 0.29) is 18.5 Å². The lowest BCUT2D eigenvalue weighted by molar-refractivity contribution is -0.142. The van der Waals surface area contributed by atoms with Crippen LogP contribution in [-0.4, -0.2) is 30.8 Å². The van der Waals surface area contributed by atoms with Gasteiger partial charge in [-0.05, 0) is 23.6 Å². The molecule has 1 aromatic carbocycles. The van der Waals surface area contributed by atoms with Crippen LogP contribution in [0, 0.1) is 11.8 Å². The third-order valence-electron chi connectivity index (χ3n) is 3.22. The fourth-order valence-electron chi connectivity index (χ4n) is 1.80. The van der Waals surface area contributed by atoms with Crippen LogP contribution in [-0.2, 0) is 11.3 Å². The highest BCUT2D eigenvalue weighted by atomic mass is 16.5. The standard InChI is InChI=1S/C15H22N2O4/c1-10(2)13(14(18)19)9-17-15(20)16-8-11-4-6-12(21-3)7-5-11/h4-7,10,13H,8-9H2,1-3H3,(H,18,19)(H2,16,17,20). The number of rotatable bonds is 7. The van der Waals surface area contributed by atoms with Crippen LogP contribution < -0.4 is 15.4 Å². The van der Waals surface area contributed by atoms with Crippen molar-refractivity contribution in [2.75, 3.05) is 13.7 Å². The minimum Gasteiger partial charge on any atom is -0.497 e. The van der Waals surface area contributed by atoms with E-state index in [2.05, 4.69) is 10.6 Å². The zero-order valence-corrected chi connectivity index (χ0v) is 12.6. The lowest BCUT2D eigenvalue weighted by Crippen LogP contribution is -2.40. The number of carbonyl (C=O) groups is 2. The molecule has 0 saturated carbocycles. The molecule has 0 aromatic heterocycles. The number of carbonyl (C=O) groups excluding carboxylic acids is 1. The molecule has 0 fully saturated rings. The lowest BCUT2D eigenvalue weighted by Gasteiger charge is -2.17. The predicted molar refractivity (Wildman–Crippen MR) is 79.2 cm³/mol. The van der Waals surface area contributed by atoms with Crippen molar-refractivity contribution < 1.29 is 19.4 Å². The zero-order valence-electron chi connectivity index (χ0n) is 12.6. The molecule has 0 bridgehead atoms. The van der Waals surface area contributed by atoms with Gasteiger partial charge < -0.3 is 20.5 Å². The van der Waals surface area contributed by atoms with Gasteiger partial charge in [-0.1, -0.05) is 26.0 Å². The van der Waals surface area contributed by atoms with Gasteiger partial charge in [-0.15, -0.1) is 0 Å². The minimum atomic E-state index is -0.902. The number of methoxy groups -OCH3 is 1. The lowest BCUT2D eigenvalue weighted by atomic mass is 9.96. The molecular formula is C15H22N2O4. The smallest absolute Gasteiger partial charge is 0.315 e. The van der Waals surface area contributed by atoms with Crippen LogP contribution in [0.4, 0.5) is 4.79 Å². The van der Waals surface area contributed by atoms with Gasteiger partial charge in [0.05, 0.1) is 13.0 Å². The summed E-state index contributed by atoms with van der Waals surface area (Å²) in [7, 11) is 1.59. The van der Waals surface area contributed by atoms with Crippen LogP contribution in [0.1, 0.15) is 19.4 Å². The maximum absolute atomic E-state index is 11.6. The Morgan fingerprint density at radius 2 is 1.81 bits per heavy atom. The van der Waals surface area contributed by atoms with Crippen molar-refractivity contribution in [3.8, 4) is 5.75 Å². The van der Waals surface area contributed by atoms with Gasteiger partial charge in [-0.3, -0.25) is 4.79 Å². The van der Waals surface area contributed by atoms with Crippen LogP contribution in [0.3, 0.4) is 0 Å². The number of aliphatic carboxylic acids is 1. The summed E-state index contributed by atoms with van der Waals surface area (Å²) in [6.45, 7) is 4.11. The number of urea groups is 1. The monoisotopic (exact) mass is 294 g/mol. The van der Waals surface area contributed by atoms with Crippen LogP contribution in [0.25, 0.3) is 0 Å². The van der Waals surface area contributed by atoms with E-state index in [0.29, 0.717) is 6.54 Å². The summed E-state index contributed by atoms with van der Waals surface area (Å²) >= 11 is 0. The van der Waals surface area contributed by atoms with E-state index in [1.807, 2.05) is 38.1 Å². The average Bonchev–Trinajstić information content (AvgIpc) is 2.45. The second kappa shape index (κ2) is 8.14. The van der Waals surface area contributed by atoms with E-state index in [1.54, 1.807) is 7.11 Å². The Labute approximate surface area is 124 Å². The molecule has 0 radical (unpaired) electrons. The molecule has 6 nitrogen and oxygen atoms in total. The molecule has 6 heteroatoms. The molecule has 2 amide bonds. The molecule has 116 valence electrons. The van der Waals surface area contributed by atoms with Crippen molar-refractivity contribution in [2.24, 2.45) is 11.8 Å². The first kappa shape index (κ1) is 16.8. The van der Waals surface area contributed by atoms with Gasteiger partial charge in [0.15, 0.2) is 0 Å². The number of hydrogen-bond acceptors (Lipinski definition) is 3. The van der Waals surface area contributed by atoms with Gasteiger partial charge in [0.1, 0.15) is 5.75 Å². The topological polar surface area (TPSA) is 87.7 Å². The summed E-state index contributed by atoms with van der Waals surface area (Å²) in [5, 5.41) is 14.3. The first-order chi connectivity index (χ1) is 9.93. The van der Waals surface area contributed by atoms with E-state index in [1.165, 1.54) is 0 Å². The summed E-state index contributed by atoms with van der Waals surface area (Å²) in [6.07, 6.45) is 0. The van der Waals surface area contributed by atoms with Gasteiger partial charge in [0, 0.05) is 13.1 Å². The van der Waals surface area contributed by atoms with E-state index < -0.39 is 11.9 Å². The summed E-state index contributed by atoms with van der Waals surface area (Å²) in [6, 6.07) is 6.96. The largest absolute Gasteiger partial charge is 0.497 e. The molecule has 1 atom stereocenters. The number of carboxylic acids is 1. The third kappa shape index (κ3) is 5.72. The van der Waals surface area contributed by atoms with Crippen molar-refractivity contribution in [3.63, 3.8) is 0 Å². The van der Waals surface area contributed by atoms with Crippen LogP contribution in [0.5, 0.6) is 5.75 Å². The van der Waals surface area contributed by atoms with Gasteiger partial charge in [0.25, 0.3) is 0 Å². The summed E-state index contributed by atoms with van der Waals surface area (Å²) < 4.78 is 5.05.